The molecular formula is C21H26N4. The lowest BCUT2D eigenvalue weighted by atomic mass is 10.0. The first-order valence-corrected chi connectivity index (χ1v) is 9.20. The first-order chi connectivity index (χ1) is 12.0. The molecule has 0 bridgehead atoms. The highest BCUT2D eigenvalue weighted by Gasteiger charge is 2.15. The van der Waals surface area contributed by atoms with Gasteiger partial charge in [0.05, 0.1) is 21.7 Å². The molecule has 130 valence electrons. The van der Waals surface area contributed by atoms with E-state index in [1.54, 1.807) is 0 Å². The highest BCUT2D eigenvalue weighted by molar-refractivity contribution is 5.84. The molecule has 1 unspecified atom stereocenters. The van der Waals surface area contributed by atoms with Gasteiger partial charge >= 0.3 is 0 Å². The molecule has 2 heterocycles. The van der Waals surface area contributed by atoms with E-state index < -0.39 is 0 Å². The third kappa shape index (κ3) is 2.51. The van der Waals surface area contributed by atoms with Crippen LogP contribution in [0.4, 0.5) is 0 Å². The van der Waals surface area contributed by atoms with Gasteiger partial charge in [-0.1, -0.05) is 26.0 Å². The Morgan fingerprint density at radius 1 is 1.16 bits per heavy atom. The van der Waals surface area contributed by atoms with Crippen molar-refractivity contribution in [2.24, 2.45) is 20.0 Å². The van der Waals surface area contributed by atoms with Gasteiger partial charge in [-0.25, -0.2) is 9.97 Å². The normalized spacial score (nSPS) is 16.6. The molecule has 0 spiro atoms. The molecule has 2 aromatic heterocycles. The second-order valence-corrected chi connectivity index (χ2v) is 7.35. The lowest BCUT2D eigenvalue weighted by Gasteiger charge is -2.07. The summed E-state index contributed by atoms with van der Waals surface area (Å²) in [5, 5.41) is 2.35. The van der Waals surface area contributed by atoms with Gasteiger partial charge in [0.1, 0.15) is 11.6 Å². The van der Waals surface area contributed by atoms with E-state index in [-0.39, 0.29) is 0 Å². The second kappa shape index (κ2) is 5.87. The van der Waals surface area contributed by atoms with E-state index in [0.29, 0.717) is 5.92 Å². The predicted octanol–water partition coefficient (Wildman–Crippen LogP) is 2.84. The lowest BCUT2D eigenvalue weighted by Crippen LogP contribution is -2.32. The lowest BCUT2D eigenvalue weighted by molar-refractivity contribution is 0.772. The fraction of sp³-hybridized carbons (Fsp3) is 0.429. The summed E-state index contributed by atoms with van der Waals surface area (Å²) in [4.78, 5) is 9.78. The number of aromatic nitrogens is 4. The van der Waals surface area contributed by atoms with Gasteiger partial charge in [0.25, 0.3) is 0 Å². The van der Waals surface area contributed by atoms with Gasteiger partial charge in [0, 0.05) is 26.1 Å². The molecule has 1 atom stereocenters. The Morgan fingerprint density at radius 2 is 1.96 bits per heavy atom. The summed E-state index contributed by atoms with van der Waals surface area (Å²) >= 11 is 0. The van der Waals surface area contributed by atoms with Crippen molar-refractivity contribution in [3.63, 3.8) is 0 Å². The molecule has 0 radical (unpaired) electrons. The monoisotopic (exact) mass is 334 g/mol. The number of nitrogens with zero attached hydrogens (tertiary/aromatic N) is 4. The Hall–Kier alpha value is -2.36. The quantitative estimate of drug-likeness (QED) is 0.738. The molecule has 0 amide bonds. The molecule has 0 saturated heterocycles. The minimum atomic E-state index is 0.577. The van der Waals surface area contributed by atoms with Gasteiger partial charge in [-0.3, -0.25) is 0 Å². The summed E-state index contributed by atoms with van der Waals surface area (Å²) in [6.07, 6.45) is 7.79. The van der Waals surface area contributed by atoms with Crippen LogP contribution in [-0.2, 0) is 20.5 Å². The molecule has 1 aromatic carbocycles. The van der Waals surface area contributed by atoms with Crippen molar-refractivity contribution in [3.8, 4) is 11.4 Å². The van der Waals surface area contributed by atoms with Crippen LogP contribution in [0.2, 0.25) is 0 Å². The molecule has 0 N–H and O–H groups in total. The summed E-state index contributed by atoms with van der Waals surface area (Å²) in [7, 11) is 4.24. The van der Waals surface area contributed by atoms with Crippen molar-refractivity contribution >= 4 is 23.2 Å². The number of fused-ring (bicyclic) bond motifs is 2. The van der Waals surface area contributed by atoms with Crippen molar-refractivity contribution in [1.82, 2.24) is 19.1 Å². The fourth-order valence-corrected chi connectivity index (χ4v) is 3.85. The maximum Gasteiger partial charge on any atom is 0.140 e. The largest absolute Gasteiger partial charge is 0.331 e. The summed E-state index contributed by atoms with van der Waals surface area (Å²) in [5.74, 6) is 2.77. The van der Waals surface area contributed by atoms with Crippen LogP contribution in [0.15, 0.2) is 12.1 Å². The van der Waals surface area contributed by atoms with E-state index in [1.165, 1.54) is 22.0 Å². The fourth-order valence-electron chi connectivity index (χ4n) is 3.85. The van der Waals surface area contributed by atoms with Crippen molar-refractivity contribution in [2.75, 3.05) is 0 Å². The third-order valence-corrected chi connectivity index (χ3v) is 5.29. The SMILES string of the molecule is CCCc1nc2c(C)cc(-c3nc4c(n3C)=CC(C)CC=4)cc2n1C. The minimum absolute atomic E-state index is 0.577. The van der Waals surface area contributed by atoms with Crippen LogP contribution in [0.1, 0.15) is 38.1 Å². The van der Waals surface area contributed by atoms with Gasteiger partial charge in [-0.15, -0.1) is 0 Å². The molecule has 4 heteroatoms. The zero-order valence-corrected chi connectivity index (χ0v) is 15.8. The molecule has 1 aliphatic carbocycles. The average Bonchev–Trinajstić information content (AvgIpc) is 3.07. The number of benzene rings is 1. The van der Waals surface area contributed by atoms with Crippen LogP contribution in [0, 0.1) is 12.8 Å². The zero-order valence-electron chi connectivity index (χ0n) is 15.8. The molecule has 3 aromatic rings. The van der Waals surface area contributed by atoms with E-state index in [9.17, 15) is 0 Å². The van der Waals surface area contributed by atoms with Crippen molar-refractivity contribution in [1.29, 1.82) is 0 Å². The molecule has 4 rings (SSSR count). The number of rotatable bonds is 3. The number of hydrogen-bond acceptors (Lipinski definition) is 2. The van der Waals surface area contributed by atoms with E-state index in [4.69, 9.17) is 9.97 Å². The second-order valence-electron chi connectivity index (χ2n) is 7.35. The van der Waals surface area contributed by atoms with Crippen LogP contribution >= 0.6 is 0 Å². The molecule has 4 nitrogen and oxygen atoms in total. The van der Waals surface area contributed by atoms with E-state index in [0.717, 1.165) is 41.8 Å². The van der Waals surface area contributed by atoms with Crippen LogP contribution in [0.5, 0.6) is 0 Å². The highest BCUT2D eigenvalue weighted by atomic mass is 15.1. The summed E-state index contributed by atoms with van der Waals surface area (Å²) < 4.78 is 4.46. The molecule has 0 aliphatic heterocycles. The first kappa shape index (κ1) is 16.1. The molecule has 1 aliphatic rings. The minimum Gasteiger partial charge on any atom is -0.331 e. The van der Waals surface area contributed by atoms with Crippen LogP contribution in [-0.4, -0.2) is 19.1 Å². The van der Waals surface area contributed by atoms with Gasteiger partial charge in [-0.2, -0.15) is 0 Å². The number of hydrogen-bond donors (Lipinski definition) is 0. The summed E-state index contributed by atoms with van der Waals surface area (Å²) in [6, 6.07) is 4.47. The first-order valence-electron chi connectivity index (χ1n) is 9.20. The van der Waals surface area contributed by atoms with Crippen LogP contribution < -0.4 is 10.7 Å². The van der Waals surface area contributed by atoms with Gasteiger partial charge in [0.15, 0.2) is 0 Å². The summed E-state index contributed by atoms with van der Waals surface area (Å²) in [6.45, 7) is 6.61. The Kier molecular flexibility index (Phi) is 3.78. The molecular weight excluding hydrogens is 308 g/mol. The maximum absolute atomic E-state index is 4.92. The Morgan fingerprint density at radius 3 is 2.72 bits per heavy atom. The van der Waals surface area contributed by atoms with Crippen molar-refractivity contribution in [3.05, 3.63) is 34.2 Å². The number of aryl methyl sites for hydroxylation is 3. The average molecular weight is 334 g/mol. The zero-order chi connectivity index (χ0) is 17.7. The van der Waals surface area contributed by atoms with Crippen molar-refractivity contribution in [2.45, 2.75) is 40.0 Å². The van der Waals surface area contributed by atoms with Gasteiger partial charge in [-0.05, 0) is 43.4 Å². The Bertz CT molecular complexity index is 1080. The highest BCUT2D eigenvalue weighted by Crippen LogP contribution is 2.26. The molecule has 0 saturated carbocycles. The Labute approximate surface area is 148 Å². The molecule has 0 fully saturated rings. The molecule has 25 heavy (non-hydrogen) atoms. The van der Waals surface area contributed by atoms with Gasteiger partial charge < -0.3 is 9.13 Å². The maximum atomic E-state index is 4.92. The van der Waals surface area contributed by atoms with Gasteiger partial charge in [0.2, 0.25) is 0 Å². The number of imidazole rings is 2. The predicted molar refractivity (Wildman–Crippen MR) is 104 cm³/mol. The smallest absolute Gasteiger partial charge is 0.140 e. The topological polar surface area (TPSA) is 35.6 Å². The standard InChI is InChI=1S/C21H26N4/c1-6-7-19-23-20-14(3)11-15(12-18(20)24(19)4)21-22-16-9-8-13(2)10-17(16)25(21)5/h9-13H,6-8H2,1-5H3. The third-order valence-electron chi connectivity index (χ3n) is 5.29. The summed E-state index contributed by atoms with van der Waals surface area (Å²) in [5.41, 5.74) is 4.69. The van der Waals surface area contributed by atoms with Crippen LogP contribution in [0.3, 0.4) is 0 Å². The van der Waals surface area contributed by atoms with E-state index in [2.05, 4.69) is 68.3 Å². The van der Waals surface area contributed by atoms with E-state index in [1.807, 2.05) is 0 Å². The van der Waals surface area contributed by atoms with Crippen LogP contribution in [0.25, 0.3) is 34.6 Å². The van der Waals surface area contributed by atoms with Crippen molar-refractivity contribution < 1.29 is 0 Å². The van der Waals surface area contributed by atoms with E-state index >= 15 is 0 Å². The Balaban J connectivity index is 1.94.